The Kier molecular flexibility index (Phi) is 2.94. The highest BCUT2D eigenvalue weighted by molar-refractivity contribution is 5.96. The first-order valence-corrected chi connectivity index (χ1v) is 5.83. The van der Waals surface area contributed by atoms with Crippen molar-refractivity contribution in [2.24, 2.45) is 0 Å². The first kappa shape index (κ1) is 11.4. The summed E-state index contributed by atoms with van der Waals surface area (Å²) < 4.78 is 5.17. The van der Waals surface area contributed by atoms with E-state index in [9.17, 15) is 4.79 Å². The summed E-state index contributed by atoms with van der Waals surface area (Å²) in [7, 11) is 0. The fourth-order valence-corrected chi connectivity index (χ4v) is 1.78. The summed E-state index contributed by atoms with van der Waals surface area (Å²) in [5, 5.41) is 2.84. The summed E-state index contributed by atoms with van der Waals surface area (Å²) in [5.74, 6) is -0.143. The number of fused-ring (bicyclic) bond motifs is 1. The molecule has 2 aromatic heterocycles. The SMILES string of the molecule is O=C(NCc1ccncc1)c1ccc2ncoc2c1. The zero-order chi connectivity index (χ0) is 13.1. The lowest BCUT2D eigenvalue weighted by atomic mass is 10.2. The molecule has 0 aliphatic carbocycles. The lowest BCUT2D eigenvalue weighted by Gasteiger charge is -2.04. The Morgan fingerprint density at radius 1 is 1.21 bits per heavy atom. The molecule has 0 aliphatic heterocycles. The van der Waals surface area contributed by atoms with Crippen LogP contribution in [0.25, 0.3) is 11.1 Å². The molecule has 2 heterocycles. The number of benzene rings is 1. The Labute approximate surface area is 109 Å². The van der Waals surface area contributed by atoms with Crippen LogP contribution in [0.5, 0.6) is 0 Å². The molecule has 3 rings (SSSR count). The average Bonchev–Trinajstić information content (AvgIpc) is 2.93. The van der Waals surface area contributed by atoms with Crippen LogP contribution in [0.1, 0.15) is 15.9 Å². The average molecular weight is 253 g/mol. The monoisotopic (exact) mass is 253 g/mol. The summed E-state index contributed by atoms with van der Waals surface area (Å²) in [6.07, 6.45) is 4.76. The number of carbonyl (C=O) groups is 1. The van der Waals surface area contributed by atoms with Gasteiger partial charge in [0.05, 0.1) is 0 Å². The van der Waals surface area contributed by atoms with E-state index < -0.39 is 0 Å². The van der Waals surface area contributed by atoms with Crippen molar-refractivity contribution in [3.05, 3.63) is 60.2 Å². The van der Waals surface area contributed by atoms with E-state index in [1.54, 1.807) is 30.6 Å². The normalized spacial score (nSPS) is 10.5. The first-order chi connectivity index (χ1) is 9.33. The first-order valence-electron chi connectivity index (χ1n) is 5.83. The minimum atomic E-state index is -0.143. The van der Waals surface area contributed by atoms with Gasteiger partial charge in [-0.15, -0.1) is 0 Å². The van der Waals surface area contributed by atoms with Gasteiger partial charge in [0.25, 0.3) is 5.91 Å². The number of pyridine rings is 1. The van der Waals surface area contributed by atoms with Gasteiger partial charge < -0.3 is 9.73 Å². The van der Waals surface area contributed by atoms with Gasteiger partial charge in [-0.05, 0) is 35.9 Å². The van der Waals surface area contributed by atoms with E-state index in [1.807, 2.05) is 12.1 Å². The van der Waals surface area contributed by atoms with Crippen LogP contribution in [-0.2, 0) is 6.54 Å². The summed E-state index contributed by atoms with van der Waals surface area (Å²) in [4.78, 5) is 19.9. The molecular weight excluding hydrogens is 242 g/mol. The largest absolute Gasteiger partial charge is 0.443 e. The highest BCUT2D eigenvalue weighted by Crippen LogP contribution is 2.14. The molecule has 1 aromatic carbocycles. The topological polar surface area (TPSA) is 68.0 Å². The minimum absolute atomic E-state index is 0.143. The van der Waals surface area contributed by atoms with Crippen LogP contribution >= 0.6 is 0 Å². The minimum Gasteiger partial charge on any atom is -0.443 e. The third-order valence-electron chi connectivity index (χ3n) is 2.80. The van der Waals surface area contributed by atoms with Gasteiger partial charge >= 0.3 is 0 Å². The maximum atomic E-state index is 12.0. The van der Waals surface area contributed by atoms with Gasteiger partial charge in [0.2, 0.25) is 0 Å². The van der Waals surface area contributed by atoms with Crippen molar-refractivity contribution in [2.45, 2.75) is 6.54 Å². The van der Waals surface area contributed by atoms with Gasteiger partial charge in [0.15, 0.2) is 12.0 Å². The van der Waals surface area contributed by atoms with E-state index >= 15 is 0 Å². The smallest absolute Gasteiger partial charge is 0.251 e. The van der Waals surface area contributed by atoms with Crippen LogP contribution < -0.4 is 5.32 Å². The summed E-state index contributed by atoms with van der Waals surface area (Å²) >= 11 is 0. The molecule has 0 saturated heterocycles. The Bertz CT molecular complexity index is 707. The number of oxazole rings is 1. The molecule has 0 saturated carbocycles. The fourth-order valence-electron chi connectivity index (χ4n) is 1.78. The molecule has 19 heavy (non-hydrogen) atoms. The number of nitrogens with one attached hydrogen (secondary N) is 1. The van der Waals surface area contributed by atoms with Gasteiger partial charge in [0, 0.05) is 24.5 Å². The maximum Gasteiger partial charge on any atom is 0.251 e. The quantitative estimate of drug-likeness (QED) is 0.776. The number of rotatable bonds is 3. The van der Waals surface area contributed by atoms with Crippen LogP contribution in [0.4, 0.5) is 0 Å². The zero-order valence-corrected chi connectivity index (χ0v) is 10.0. The molecule has 5 nitrogen and oxygen atoms in total. The van der Waals surface area contributed by atoms with E-state index in [0.717, 1.165) is 11.1 Å². The van der Waals surface area contributed by atoms with Crippen molar-refractivity contribution in [1.29, 1.82) is 0 Å². The molecule has 0 aliphatic rings. The van der Waals surface area contributed by atoms with Gasteiger partial charge in [-0.2, -0.15) is 0 Å². The van der Waals surface area contributed by atoms with E-state index in [1.165, 1.54) is 6.39 Å². The second-order valence-corrected chi connectivity index (χ2v) is 4.07. The summed E-state index contributed by atoms with van der Waals surface area (Å²) in [6.45, 7) is 0.468. The lowest BCUT2D eigenvalue weighted by Crippen LogP contribution is -2.22. The van der Waals surface area contributed by atoms with Crippen molar-refractivity contribution in [1.82, 2.24) is 15.3 Å². The van der Waals surface area contributed by atoms with E-state index in [2.05, 4.69) is 15.3 Å². The van der Waals surface area contributed by atoms with E-state index in [0.29, 0.717) is 17.7 Å². The Hall–Kier alpha value is -2.69. The van der Waals surface area contributed by atoms with Crippen LogP contribution in [0, 0.1) is 0 Å². The summed E-state index contributed by atoms with van der Waals surface area (Å²) in [6, 6.07) is 8.90. The van der Waals surface area contributed by atoms with Crippen molar-refractivity contribution in [3.63, 3.8) is 0 Å². The predicted octanol–water partition coefficient (Wildman–Crippen LogP) is 2.15. The summed E-state index contributed by atoms with van der Waals surface area (Å²) in [5.41, 5.74) is 2.91. The number of aromatic nitrogens is 2. The molecule has 3 aromatic rings. The second-order valence-electron chi connectivity index (χ2n) is 4.07. The van der Waals surface area contributed by atoms with Crippen molar-refractivity contribution in [3.8, 4) is 0 Å². The molecular formula is C14H11N3O2. The van der Waals surface area contributed by atoms with Gasteiger partial charge in [-0.3, -0.25) is 9.78 Å². The number of nitrogens with zero attached hydrogens (tertiary/aromatic N) is 2. The van der Waals surface area contributed by atoms with Gasteiger partial charge in [-0.1, -0.05) is 0 Å². The van der Waals surface area contributed by atoms with Crippen molar-refractivity contribution >= 4 is 17.0 Å². The Morgan fingerprint density at radius 3 is 2.89 bits per heavy atom. The second kappa shape index (κ2) is 4.89. The number of carbonyl (C=O) groups excluding carboxylic acids is 1. The molecule has 0 atom stereocenters. The fraction of sp³-hybridized carbons (Fsp3) is 0.0714. The molecule has 0 spiro atoms. The number of amides is 1. The van der Waals surface area contributed by atoms with E-state index in [-0.39, 0.29) is 5.91 Å². The number of hydrogen-bond donors (Lipinski definition) is 1. The third-order valence-corrected chi connectivity index (χ3v) is 2.80. The molecule has 94 valence electrons. The molecule has 5 heteroatoms. The predicted molar refractivity (Wildman–Crippen MR) is 69.4 cm³/mol. The van der Waals surface area contributed by atoms with Crippen molar-refractivity contribution < 1.29 is 9.21 Å². The van der Waals surface area contributed by atoms with Crippen LogP contribution in [0.3, 0.4) is 0 Å². The van der Waals surface area contributed by atoms with E-state index in [4.69, 9.17) is 4.42 Å². The maximum absolute atomic E-state index is 12.0. The zero-order valence-electron chi connectivity index (χ0n) is 10.0. The molecule has 1 amide bonds. The van der Waals surface area contributed by atoms with Gasteiger partial charge in [0.1, 0.15) is 5.52 Å². The molecule has 0 fully saturated rings. The van der Waals surface area contributed by atoms with Crippen LogP contribution in [0.15, 0.2) is 53.5 Å². The van der Waals surface area contributed by atoms with Gasteiger partial charge in [-0.25, -0.2) is 4.98 Å². The Morgan fingerprint density at radius 2 is 2.05 bits per heavy atom. The standard InChI is InChI=1S/C14H11N3O2/c18-14(16-8-10-3-5-15-6-4-10)11-1-2-12-13(7-11)19-9-17-12/h1-7,9H,8H2,(H,16,18). The highest BCUT2D eigenvalue weighted by atomic mass is 16.3. The molecule has 1 N–H and O–H groups in total. The molecule has 0 unspecified atom stereocenters. The van der Waals surface area contributed by atoms with Crippen LogP contribution in [-0.4, -0.2) is 15.9 Å². The Balaban J connectivity index is 1.73. The highest BCUT2D eigenvalue weighted by Gasteiger charge is 2.07. The lowest BCUT2D eigenvalue weighted by molar-refractivity contribution is 0.0951. The van der Waals surface area contributed by atoms with Crippen LogP contribution in [0.2, 0.25) is 0 Å². The molecule has 0 bridgehead atoms. The molecule has 0 radical (unpaired) electrons. The number of hydrogen-bond acceptors (Lipinski definition) is 4. The third kappa shape index (κ3) is 2.44. The van der Waals surface area contributed by atoms with Crippen molar-refractivity contribution in [2.75, 3.05) is 0 Å².